The fourth-order valence-electron chi connectivity index (χ4n) is 3.36. The molecule has 0 spiro atoms. The van der Waals surface area contributed by atoms with Gasteiger partial charge in [0.1, 0.15) is 6.79 Å². The quantitative estimate of drug-likeness (QED) is 0.296. The molecule has 0 aliphatic rings. The summed E-state index contributed by atoms with van der Waals surface area (Å²) in [4.78, 5) is 20.3. The predicted molar refractivity (Wildman–Crippen MR) is 160 cm³/mol. The summed E-state index contributed by atoms with van der Waals surface area (Å²) >= 11 is 0. The highest BCUT2D eigenvalue weighted by molar-refractivity contribution is 5.98. The molecule has 0 atom stereocenters. The van der Waals surface area contributed by atoms with Crippen molar-refractivity contribution in [1.29, 1.82) is 0 Å². The summed E-state index contributed by atoms with van der Waals surface area (Å²) in [7, 11) is 0. The molecular weight excluding hydrogens is 485 g/mol. The van der Waals surface area contributed by atoms with Crippen LogP contribution in [0.4, 0.5) is 13.2 Å². The molecule has 212 valence electrons. The second kappa shape index (κ2) is 20.6. The van der Waals surface area contributed by atoms with Gasteiger partial charge in [-0.1, -0.05) is 109 Å². The monoisotopic (exact) mass is 532 g/mol. The highest BCUT2D eigenvalue weighted by Crippen LogP contribution is 2.29. The Bertz CT molecular complexity index is 1100. The van der Waals surface area contributed by atoms with Crippen molar-refractivity contribution >= 4 is 18.6 Å². The predicted octanol–water partition coefficient (Wildman–Crippen LogP) is 10.3. The van der Waals surface area contributed by atoms with Crippen molar-refractivity contribution in [2.24, 2.45) is 0 Å². The third kappa shape index (κ3) is 13.2. The van der Waals surface area contributed by atoms with Crippen molar-refractivity contribution in [3.63, 3.8) is 0 Å². The van der Waals surface area contributed by atoms with Gasteiger partial charge in [-0.05, 0) is 59.7 Å². The maximum Gasteiger partial charge on any atom is 0.416 e. The Kier molecular flexibility index (Phi) is 19.9. The molecule has 0 aromatic heterocycles. The van der Waals surface area contributed by atoms with Gasteiger partial charge < -0.3 is 4.79 Å². The Labute approximate surface area is 230 Å². The van der Waals surface area contributed by atoms with Crippen LogP contribution in [-0.4, -0.2) is 12.6 Å². The fourth-order valence-corrected chi connectivity index (χ4v) is 3.36. The summed E-state index contributed by atoms with van der Waals surface area (Å²) < 4.78 is 36.3. The van der Waals surface area contributed by atoms with Gasteiger partial charge in [0.15, 0.2) is 5.78 Å². The van der Waals surface area contributed by atoms with E-state index in [0.717, 1.165) is 29.2 Å². The van der Waals surface area contributed by atoms with Crippen LogP contribution in [0.2, 0.25) is 0 Å². The van der Waals surface area contributed by atoms with Gasteiger partial charge in [-0.3, -0.25) is 4.79 Å². The lowest BCUT2D eigenvalue weighted by molar-refractivity contribution is -0.137. The van der Waals surface area contributed by atoms with E-state index in [0.29, 0.717) is 18.4 Å². The van der Waals surface area contributed by atoms with E-state index in [1.807, 2.05) is 65.7 Å². The van der Waals surface area contributed by atoms with Gasteiger partial charge in [-0.25, -0.2) is 0 Å². The molecule has 0 unspecified atom stereocenters. The van der Waals surface area contributed by atoms with Crippen LogP contribution in [0.3, 0.4) is 0 Å². The number of halogens is 3. The minimum absolute atomic E-state index is 0. The Hall–Kier alpha value is -3.47. The molecule has 0 heterocycles. The molecule has 5 heteroatoms. The zero-order valence-corrected chi connectivity index (χ0v) is 23.9. The first-order valence-corrected chi connectivity index (χ1v) is 13.0. The maximum absolute atomic E-state index is 12.3. The first-order valence-electron chi connectivity index (χ1n) is 13.0. The molecule has 0 saturated carbocycles. The average Bonchev–Trinajstić information content (AvgIpc) is 2.96. The minimum Gasteiger partial charge on any atom is -0.307 e. The van der Waals surface area contributed by atoms with Gasteiger partial charge >= 0.3 is 6.18 Å². The van der Waals surface area contributed by atoms with E-state index in [4.69, 9.17) is 4.79 Å². The number of hydrogen-bond acceptors (Lipinski definition) is 2. The number of ketones is 1. The maximum atomic E-state index is 12.3. The Balaban J connectivity index is -0.000000280. The molecule has 3 aromatic carbocycles. The number of hydrogen-bond donors (Lipinski definition) is 0. The smallest absolute Gasteiger partial charge is 0.307 e. The third-order valence-electron chi connectivity index (χ3n) is 5.26. The van der Waals surface area contributed by atoms with Crippen LogP contribution >= 0.6 is 0 Å². The first kappa shape index (κ1) is 36.7. The van der Waals surface area contributed by atoms with Gasteiger partial charge in [0.2, 0.25) is 0 Å². The number of benzene rings is 3. The Morgan fingerprint density at radius 2 is 1.45 bits per heavy atom. The van der Waals surface area contributed by atoms with Gasteiger partial charge in [-0.2, -0.15) is 13.2 Å². The van der Waals surface area contributed by atoms with Crippen LogP contribution in [0.15, 0.2) is 73.3 Å². The number of aryl methyl sites for hydroxylation is 3. The van der Waals surface area contributed by atoms with Crippen molar-refractivity contribution in [2.75, 3.05) is 0 Å². The zero-order chi connectivity index (χ0) is 29.7. The molecule has 0 aliphatic carbocycles. The van der Waals surface area contributed by atoms with Gasteiger partial charge in [-0.15, -0.1) is 0 Å². The molecule has 0 bridgehead atoms. The van der Waals surface area contributed by atoms with Crippen molar-refractivity contribution in [3.05, 3.63) is 112 Å². The Morgan fingerprint density at radius 3 is 1.95 bits per heavy atom. The van der Waals surface area contributed by atoms with Crippen LogP contribution in [-0.2, 0) is 30.2 Å². The van der Waals surface area contributed by atoms with Crippen molar-refractivity contribution in [3.8, 4) is 0 Å². The number of rotatable bonds is 6. The molecule has 0 radical (unpaired) electrons. The van der Waals surface area contributed by atoms with Gasteiger partial charge in [0.25, 0.3) is 0 Å². The molecule has 0 amide bonds. The second-order valence-corrected chi connectivity index (χ2v) is 7.60. The summed E-state index contributed by atoms with van der Waals surface area (Å²) in [5, 5.41) is 0. The normalized spacial score (nSPS) is 9.53. The largest absolute Gasteiger partial charge is 0.416 e. The van der Waals surface area contributed by atoms with Crippen LogP contribution < -0.4 is 0 Å². The van der Waals surface area contributed by atoms with E-state index >= 15 is 0 Å². The highest BCUT2D eigenvalue weighted by atomic mass is 19.4. The van der Waals surface area contributed by atoms with E-state index < -0.39 is 11.7 Å². The zero-order valence-electron chi connectivity index (χ0n) is 23.9. The number of Topliss-reactive ketones (excluding diaryl/α,β-unsaturated/α-hetero) is 1. The van der Waals surface area contributed by atoms with Crippen LogP contribution in [0, 0.1) is 6.92 Å². The lowest BCUT2D eigenvalue weighted by Crippen LogP contribution is -2.04. The van der Waals surface area contributed by atoms with E-state index in [1.165, 1.54) is 23.3 Å². The summed E-state index contributed by atoms with van der Waals surface area (Å²) in [5.41, 5.74) is 5.56. The molecule has 0 saturated heterocycles. The first-order chi connectivity index (χ1) is 18.2. The molecule has 0 fully saturated rings. The lowest BCUT2D eigenvalue weighted by atomic mass is 9.97. The fraction of sp³-hybridized carbons (Fsp3) is 0.333. The second-order valence-electron chi connectivity index (χ2n) is 7.60. The Morgan fingerprint density at radius 1 is 0.842 bits per heavy atom. The average molecular weight is 533 g/mol. The van der Waals surface area contributed by atoms with Gasteiger partial charge in [0.05, 0.1) is 5.56 Å². The summed E-state index contributed by atoms with van der Waals surface area (Å²) in [6.45, 7) is 19.8. The standard InChI is InChI=1S/C19H20O.C9H9F3.2C2H6.CH2O.2H2/c1-4-15-7-6-8-18(12-15)19(20)13-16-9-10-17(5-2)14(3)11-16;1-2-7-4-3-5-8(6-7)9(10,11)12;3*1-2;;/h4,6-12H,1,5,13H2,2-3H3;3-6H,2H2,1H3;2*1-2H3;1H2;2*1H. The molecule has 0 N–H and O–H groups in total. The third-order valence-corrected chi connectivity index (χ3v) is 5.26. The SMILES string of the molecule is C=Cc1cccc(C(=O)Cc2ccc(CC)c(C)c2)c1.C=O.CC.CC.CCc1cccc(C(F)(F)F)c1.[HH].[HH]. The lowest BCUT2D eigenvalue weighted by Gasteiger charge is -2.07. The van der Waals surface area contributed by atoms with Gasteiger partial charge in [0, 0.05) is 14.8 Å². The van der Waals surface area contributed by atoms with Crippen molar-refractivity contribution in [1.82, 2.24) is 0 Å². The number of carbonyl (C=O) groups excluding carboxylic acids is 2. The van der Waals surface area contributed by atoms with Crippen LogP contribution in [0.1, 0.15) is 88.1 Å². The van der Waals surface area contributed by atoms with E-state index in [9.17, 15) is 18.0 Å². The number of carbonyl (C=O) groups is 2. The summed E-state index contributed by atoms with van der Waals surface area (Å²) in [6, 6.07) is 19.3. The molecule has 38 heavy (non-hydrogen) atoms. The van der Waals surface area contributed by atoms with Crippen LogP contribution in [0.5, 0.6) is 0 Å². The highest BCUT2D eigenvalue weighted by Gasteiger charge is 2.30. The number of alkyl halides is 3. The topological polar surface area (TPSA) is 34.1 Å². The minimum atomic E-state index is -4.22. The molecule has 3 rings (SSSR count). The molecule has 0 aliphatic heterocycles. The summed E-state index contributed by atoms with van der Waals surface area (Å²) in [6.07, 6.45) is -0.348. The molecule has 2 nitrogen and oxygen atoms in total. The van der Waals surface area contributed by atoms with E-state index in [2.05, 4.69) is 38.6 Å². The summed E-state index contributed by atoms with van der Waals surface area (Å²) in [5.74, 6) is 0.150. The van der Waals surface area contributed by atoms with Crippen molar-refractivity contribution < 1.29 is 25.6 Å². The van der Waals surface area contributed by atoms with Crippen LogP contribution in [0.25, 0.3) is 6.08 Å². The van der Waals surface area contributed by atoms with Crippen molar-refractivity contribution in [2.45, 2.75) is 73.9 Å². The molecular formula is C33H47F3O2. The molecule has 3 aromatic rings. The van der Waals surface area contributed by atoms with E-state index in [1.54, 1.807) is 12.1 Å². The van der Waals surface area contributed by atoms with E-state index in [-0.39, 0.29) is 8.64 Å².